The fraction of sp³-hybridized carbons (Fsp3) is 0.969. The quantitative estimate of drug-likeness (QED) is 0.185. The second kappa shape index (κ2) is 16.3. The van der Waals surface area contributed by atoms with Gasteiger partial charge in [0.1, 0.15) is 6.10 Å². The van der Waals surface area contributed by atoms with Crippen molar-refractivity contribution in [1.29, 1.82) is 0 Å². The summed E-state index contributed by atoms with van der Waals surface area (Å²) >= 11 is 0. The molecule has 0 unspecified atom stereocenters. The monoisotopic (exact) mass is 474 g/mol. The molecule has 0 atom stereocenters. The van der Waals surface area contributed by atoms with Crippen molar-refractivity contribution >= 4 is 5.97 Å². The highest BCUT2D eigenvalue weighted by Gasteiger charge is 2.35. The van der Waals surface area contributed by atoms with Crippen LogP contribution in [0.15, 0.2) is 0 Å². The Balaban J connectivity index is 1.24. The van der Waals surface area contributed by atoms with Gasteiger partial charge in [0, 0.05) is 6.42 Å². The molecule has 2 heteroatoms. The zero-order chi connectivity index (χ0) is 24.0. The van der Waals surface area contributed by atoms with Gasteiger partial charge < -0.3 is 4.74 Å². The van der Waals surface area contributed by atoms with Crippen LogP contribution in [0.4, 0.5) is 0 Å². The first-order valence-electron chi connectivity index (χ1n) is 15.9. The molecule has 0 N–H and O–H groups in total. The minimum absolute atomic E-state index is 0.0659. The van der Waals surface area contributed by atoms with E-state index in [1.54, 1.807) is 0 Å². The molecule has 0 spiro atoms. The SMILES string of the molecule is CCCCCCCC(=O)OC1CCC(C2CCC(C3CCC(CCCCCC)CC3)CC2)CC1. The summed E-state index contributed by atoms with van der Waals surface area (Å²) in [7, 11) is 0. The zero-order valence-corrected chi connectivity index (χ0v) is 23.0. The molecule has 3 fully saturated rings. The highest BCUT2D eigenvalue weighted by Crippen LogP contribution is 2.46. The van der Waals surface area contributed by atoms with E-state index in [1.807, 2.05) is 0 Å². The molecule has 0 aromatic heterocycles. The summed E-state index contributed by atoms with van der Waals surface area (Å²) in [5.74, 6) is 5.06. The van der Waals surface area contributed by atoms with E-state index in [1.165, 1.54) is 122 Å². The first kappa shape index (κ1) is 28.0. The minimum Gasteiger partial charge on any atom is -0.462 e. The van der Waals surface area contributed by atoms with Crippen LogP contribution in [0.25, 0.3) is 0 Å². The van der Waals surface area contributed by atoms with Crippen molar-refractivity contribution in [2.45, 2.75) is 168 Å². The zero-order valence-electron chi connectivity index (χ0n) is 23.0. The Morgan fingerprint density at radius 1 is 0.559 bits per heavy atom. The molecular weight excluding hydrogens is 416 g/mol. The van der Waals surface area contributed by atoms with Crippen LogP contribution in [0.1, 0.15) is 162 Å². The van der Waals surface area contributed by atoms with Crippen molar-refractivity contribution in [1.82, 2.24) is 0 Å². The summed E-state index contributed by atoms with van der Waals surface area (Å²) in [5.41, 5.74) is 0. The highest BCUT2D eigenvalue weighted by atomic mass is 16.5. The maximum absolute atomic E-state index is 12.2. The fourth-order valence-electron chi connectivity index (χ4n) is 7.69. The number of hydrogen-bond donors (Lipinski definition) is 0. The van der Waals surface area contributed by atoms with Crippen LogP contribution in [0, 0.1) is 29.6 Å². The van der Waals surface area contributed by atoms with Gasteiger partial charge in [0.2, 0.25) is 0 Å². The van der Waals surface area contributed by atoms with Crippen LogP contribution in [-0.2, 0) is 9.53 Å². The lowest BCUT2D eigenvalue weighted by molar-refractivity contribution is -0.151. The summed E-state index contributed by atoms with van der Waals surface area (Å²) in [4.78, 5) is 12.2. The Kier molecular flexibility index (Phi) is 13.4. The summed E-state index contributed by atoms with van der Waals surface area (Å²) in [6, 6.07) is 0. The van der Waals surface area contributed by atoms with E-state index >= 15 is 0 Å². The lowest BCUT2D eigenvalue weighted by atomic mass is 9.65. The third-order valence-electron chi connectivity index (χ3n) is 10.0. The van der Waals surface area contributed by atoms with Crippen molar-refractivity contribution in [3.05, 3.63) is 0 Å². The summed E-state index contributed by atoms with van der Waals surface area (Å²) in [6.45, 7) is 4.55. The Bertz CT molecular complexity index is 519. The van der Waals surface area contributed by atoms with E-state index in [0.29, 0.717) is 6.42 Å². The normalized spacial score (nSPS) is 32.4. The Hall–Kier alpha value is -0.530. The maximum atomic E-state index is 12.2. The minimum atomic E-state index is 0.0659. The molecule has 0 aromatic carbocycles. The van der Waals surface area contributed by atoms with Crippen LogP contribution < -0.4 is 0 Å². The number of esters is 1. The van der Waals surface area contributed by atoms with Crippen LogP contribution >= 0.6 is 0 Å². The summed E-state index contributed by atoms with van der Waals surface area (Å²) in [5, 5.41) is 0. The van der Waals surface area contributed by atoms with Gasteiger partial charge in [-0.2, -0.15) is 0 Å². The lowest BCUT2D eigenvalue weighted by Gasteiger charge is -2.41. The van der Waals surface area contributed by atoms with Gasteiger partial charge in [-0.15, -0.1) is 0 Å². The predicted octanol–water partition coefficient (Wildman–Crippen LogP) is 10.0. The molecule has 0 saturated heterocycles. The van der Waals surface area contributed by atoms with E-state index < -0.39 is 0 Å². The Labute approximate surface area is 212 Å². The van der Waals surface area contributed by atoms with E-state index in [0.717, 1.165) is 48.9 Å². The number of carbonyl (C=O) groups is 1. The summed E-state index contributed by atoms with van der Waals surface area (Å²) in [6.07, 6.45) is 31.0. The van der Waals surface area contributed by atoms with Crippen LogP contribution in [0.5, 0.6) is 0 Å². The molecule has 0 aromatic rings. The standard InChI is InChI=1S/C32H58O2/c1-3-5-7-9-11-13-32(33)34-31-24-22-30(23-25-31)29-20-18-28(19-21-29)27-16-14-26(15-17-27)12-10-8-6-4-2/h26-31H,3-25H2,1-2H3. The molecular formula is C32H58O2. The predicted molar refractivity (Wildman–Crippen MR) is 145 cm³/mol. The molecule has 0 heterocycles. The molecule has 3 rings (SSSR count). The average molecular weight is 475 g/mol. The number of hydrogen-bond acceptors (Lipinski definition) is 2. The van der Waals surface area contributed by atoms with E-state index in [-0.39, 0.29) is 12.1 Å². The van der Waals surface area contributed by atoms with E-state index in [2.05, 4.69) is 13.8 Å². The van der Waals surface area contributed by atoms with Gasteiger partial charge in [-0.1, -0.05) is 84.5 Å². The molecule has 3 saturated carbocycles. The molecule has 0 radical (unpaired) electrons. The molecule has 34 heavy (non-hydrogen) atoms. The van der Waals surface area contributed by atoms with Gasteiger partial charge in [0.25, 0.3) is 0 Å². The lowest BCUT2D eigenvalue weighted by Crippen LogP contribution is -2.31. The smallest absolute Gasteiger partial charge is 0.306 e. The van der Waals surface area contributed by atoms with Crippen molar-refractivity contribution < 1.29 is 9.53 Å². The Morgan fingerprint density at radius 2 is 1.00 bits per heavy atom. The van der Waals surface area contributed by atoms with Crippen LogP contribution in [0.2, 0.25) is 0 Å². The van der Waals surface area contributed by atoms with Gasteiger partial charge in [-0.05, 0) is 100 Å². The Morgan fingerprint density at radius 3 is 1.53 bits per heavy atom. The first-order chi connectivity index (χ1) is 16.7. The molecule has 0 amide bonds. The van der Waals surface area contributed by atoms with Crippen molar-refractivity contribution in [3.63, 3.8) is 0 Å². The first-order valence-corrected chi connectivity index (χ1v) is 15.9. The van der Waals surface area contributed by atoms with E-state index in [4.69, 9.17) is 4.74 Å². The van der Waals surface area contributed by atoms with Crippen LogP contribution in [0.3, 0.4) is 0 Å². The highest BCUT2D eigenvalue weighted by molar-refractivity contribution is 5.69. The van der Waals surface area contributed by atoms with Crippen molar-refractivity contribution in [2.24, 2.45) is 29.6 Å². The average Bonchev–Trinajstić information content (AvgIpc) is 2.87. The van der Waals surface area contributed by atoms with Gasteiger partial charge in [0.15, 0.2) is 0 Å². The van der Waals surface area contributed by atoms with Gasteiger partial charge in [-0.25, -0.2) is 0 Å². The summed E-state index contributed by atoms with van der Waals surface area (Å²) < 4.78 is 5.84. The number of unbranched alkanes of at least 4 members (excludes halogenated alkanes) is 7. The van der Waals surface area contributed by atoms with Crippen molar-refractivity contribution in [3.8, 4) is 0 Å². The third-order valence-corrected chi connectivity index (χ3v) is 10.0. The largest absolute Gasteiger partial charge is 0.462 e. The number of rotatable bonds is 14. The van der Waals surface area contributed by atoms with Gasteiger partial charge in [0.05, 0.1) is 0 Å². The number of ether oxygens (including phenoxy) is 1. The van der Waals surface area contributed by atoms with Crippen molar-refractivity contribution in [2.75, 3.05) is 0 Å². The van der Waals surface area contributed by atoms with Gasteiger partial charge >= 0.3 is 5.97 Å². The number of carbonyl (C=O) groups excluding carboxylic acids is 1. The second-order valence-corrected chi connectivity index (χ2v) is 12.5. The molecule has 0 aliphatic heterocycles. The molecule has 3 aliphatic carbocycles. The second-order valence-electron chi connectivity index (χ2n) is 12.5. The van der Waals surface area contributed by atoms with E-state index in [9.17, 15) is 4.79 Å². The third kappa shape index (κ3) is 9.85. The van der Waals surface area contributed by atoms with Crippen LogP contribution in [-0.4, -0.2) is 12.1 Å². The van der Waals surface area contributed by atoms with Gasteiger partial charge in [-0.3, -0.25) is 4.79 Å². The molecule has 0 bridgehead atoms. The molecule has 3 aliphatic rings. The molecule has 2 nitrogen and oxygen atoms in total. The fourth-order valence-corrected chi connectivity index (χ4v) is 7.69. The molecule has 198 valence electrons. The topological polar surface area (TPSA) is 26.3 Å². The maximum Gasteiger partial charge on any atom is 0.306 e.